The van der Waals surface area contributed by atoms with Crippen LogP contribution in [0.2, 0.25) is 0 Å². The highest BCUT2D eigenvalue weighted by molar-refractivity contribution is 7.98. The molecule has 7 heteroatoms. The van der Waals surface area contributed by atoms with Gasteiger partial charge in [-0.2, -0.15) is 11.8 Å². The van der Waals surface area contributed by atoms with Crippen LogP contribution < -0.4 is 5.32 Å². The summed E-state index contributed by atoms with van der Waals surface area (Å²) in [6.07, 6.45) is 7.94. The van der Waals surface area contributed by atoms with Crippen molar-refractivity contribution >= 4 is 23.3 Å². The van der Waals surface area contributed by atoms with Crippen molar-refractivity contribution in [2.75, 3.05) is 12.0 Å². The Labute approximate surface area is 138 Å². The van der Waals surface area contributed by atoms with Gasteiger partial charge in [0.25, 0.3) is 5.91 Å². The topological polar surface area (TPSA) is 72.2 Å². The lowest BCUT2D eigenvalue weighted by Gasteiger charge is -2.17. The van der Waals surface area contributed by atoms with Crippen molar-refractivity contribution < 1.29 is 4.79 Å². The van der Waals surface area contributed by atoms with Crippen LogP contribution in [0.3, 0.4) is 0 Å². The van der Waals surface area contributed by atoms with E-state index in [1.807, 2.05) is 35.1 Å². The Hall–Kier alpha value is -2.41. The molecule has 0 aromatic carbocycles. The van der Waals surface area contributed by atoms with E-state index in [0.29, 0.717) is 5.56 Å². The highest BCUT2D eigenvalue weighted by Crippen LogP contribution is 2.18. The van der Waals surface area contributed by atoms with Gasteiger partial charge in [-0.3, -0.25) is 14.2 Å². The van der Waals surface area contributed by atoms with Crippen LogP contribution in [-0.4, -0.2) is 37.5 Å². The van der Waals surface area contributed by atoms with E-state index in [2.05, 4.69) is 20.5 Å². The van der Waals surface area contributed by atoms with Gasteiger partial charge in [0.2, 0.25) is 0 Å². The first-order valence-electron chi connectivity index (χ1n) is 7.29. The third-order valence-corrected chi connectivity index (χ3v) is 4.14. The summed E-state index contributed by atoms with van der Waals surface area (Å²) in [5, 5.41) is 11.5. The molecule has 0 unspecified atom stereocenters. The molecule has 0 saturated heterocycles. The number of carbonyl (C=O) groups excluding carboxylic acids is 1. The van der Waals surface area contributed by atoms with Crippen molar-refractivity contribution in [3.05, 3.63) is 60.3 Å². The molecule has 6 nitrogen and oxygen atoms in total. The SMILES string of the molecule is CSCC[C@H](NC(=O)c1cccnc1)c1nnc2ccccn12. The number of pyridine rings is 2. The van der Waals surface area contributed by atoms with Crippen LogP contribution in [0, 0.1) is 0 Å². The molecular formula is C16H17N5OS. The smallest absolute Gasteiger partial charge is 0.253 e. The summed E-state index contributed by atoms with van der Waals surface area (Å²) >= 11 is 1.73. The van der Waals surface area contributed by atoms with Gasteiger partial charge in [0, 0.05) is 18.6 Å². The van der Waals surface area contributed by atoms with Crippen molar-refractivity contribution in [3.63, 3.8) is 0 Å². The molecule has 1 N–H and O–H groups in total. The average Bonchev–Trinajstić information content (AvgIpc) is 3.03. The first-order valence-corrected chi connectivity index (χ1v) is 8.68. The number of nitrogens with one attached hydrogen (secondary N) is 1. The summed E-state index contributed by atoms with van der Waals surface area (Å²) in [4.78, 5) is 16.4. The molecule has 1 amide bonds. The molecule has 3 aromatic heterocycles. The highest BCUT2D eigenvalue weighted by atomic mass is 32.2. The lowest BCUT2D eigenvalue weighted by Crippen LogP contribution is -2.30. The van der Waals surface area contributed by atoms with Crippen molar-refractivity contribution in [2.24, 2.45) is 0 Å². The van der Waals surface area contributed by atoms with Crippen LogP contribution in [0.15, 0.2) is 48.9 Å². The molecule has 118 valence electrons. The zero-order chi connectivity index (χ0) is 16.1. The zero-order valence-electron chi connectivity index (χ0n) is 12.7. The minimum atomic E-state index is -0.201. The molecule has 23 heavy (non-hydrogen) atoms. The molecule has 0 radical (unpaired) electrons. The number of rotatable bonds is 6. The van der Waals surface area contributed by atoms with E-state index in [1.54, 1.807) is 36.3 Å². The first kappa shape index (κ1) is 15.5. The van der Waals surface area contributed by atoms with Gasteiger partial charge in [0.05, 0.1) is 11.6 Å². The van der Waals surface area contributed by atoms with E-state index in [4.69, 9.17) is 0 Å². The van der Waals surface area contributed by atoms with Crippen LogP contribution in [-0.2, 0) is 0 Å². The molecule has 0 aliphatic rings. The fraction of sp³-hybridized carbons (Fsp3) is 0.250. The maximum Gasteiger partial charge on any atom is 0.253 e. The second kappa shape index (κ2) is 7.23. The minimum Gasteiger partial charge on any atom is -0.342 e. The molecule has 0 bridgehead atoms. The van der Waals surface area contributed by atoms with E-state index in [9.17, 15) is 4.79 Å². The van der Waals surface area contributed by atoms with Crippen LogP contribution in [0.5, 0.6) is 0 Å². The van der Waals surface area contributed by atoms with E-state index in [-0.39, 0.29) is 11.9 Å². The monoisotopic (exact) mass is 327 g/mol. The number of amides is 1. The minimum absolute atomic E-state index is 0.156. The fourth-order valence-electron chi connectivity index (χ4n) is 2.34. The number of hydrogen-bond donors (Lipinski definition) is 1. The molecule has 3 rings (SSSR count). The average molecular weight is 327 g/mol. The fourth-order valence-corrected chi connectivity index (χ4v) is 2.81. The first-order chi connectivity index (χ1) is 11.3. The molecule has 0 aliphatic heterocycles. The number of carbonyl (C=O) groups is 1. The molecule has 3 heterocycles. The molecule has 0 spiro atoms. The Balaban J connectivity index is 1.87. The summed E-state index contributed by atoms with van der Waals surface area (Å²) in [6, 6.07) is 9.03. The maximum atomic E-state index is 12.4. The van der Waals surface area contributed by atoms with E-state index in [0.717, 1.165) is 23.6 Å². The summed E-state index contributed by atoms with van der Waals surface area (Å²) in [5.74, 6) is 1.50. The summed E-state index contributed by atoms with van der Waals surface area (Å²) in [5.41, 5.74) is 1.31. The van der Waals surface area contributed by atoms with Crippen LogP contribution >= 0.6 is 11.8 Å². The number of nitrogens with zero attached hydrogens (tertiary/aromatic N) is 4. The molecule has 0 saturated carbocycles. The third kappa shape index (κ3) is 3.50. The number of aromatic nitrogens is 4. The highest BCUT2D eigenvalue weighted by Gasteiger charge is 2.20. The van der Waals surface area contributed by atoms with Gasteiger partial charge in [0.15, 0.2) is 11.5 Å². The van der Waals surface area contributed by atoms with Gasteiger partial charge in [0.1, 0.15) is 0 Å². The van der Waals surface area contributed by atoms with Crippen molar-refractivity contribution in [2.45, 2.75) is 12.5 Å². The molecule has 0 fully saturated rings. The second-order valence-electron chi connectivity index (χ2n) is 5.04. The Morgan fingerprint density at radius 1 is 1.30 bits per heavy atom. The van der Waals surface area contributed by atoms with E-state index in [1.165, 1.54) is 0 Å². The number of thioether (sulfide) groups is 1. The molecule has 0 aliphatic carbocycles. The van der Waals surface area contributed by atoms with Crippen molar-refractivity contribution in [1.29, 1.82) is 0 Å². The lowest BCUT2D eigenvalue weighted by atomic mass is 10.2. The number of hydrogen-bond acceptors (Lipinski definition) is 5. The van der Waals surface area contributed by atoms with Gasteiger partial charge < -0.3 is 5.32 Å². The number of fused-ring (bicyclic) bond motifs is 1. The van der Waals surface area contributed by atoms with Crippen LogP contribution in [0.4, 0.5) is 0 Å². The lowest BCUT2D eigenvalue weighted by molar-refractivity contribution is 0.0933. The predicted octanol–water partition coefficient (Wildman–Crippen LogP) is 2.35. The Morgan fingerprint density at radius 3 is 3.00 bits per heavy atom. The molecule has 1 atom stereocenters. The molecular weight excluding hydrogens is 310 g/mol. The maximum absolute atomic E-state index is 12.4. The quantitative estimate of drug-likeness (QED) is 0.752. The molecule has 3 aromatic rings. The Bertz CT molecular complexity index is 789. The van der Waals surface area contributed by atoms with Gasteiger partial charge in [-0.1, -0.05) is 6.07 Å². The van der Waals surface area contributed by atoms with Crippen LogP contribution in [0.25, 0.3) is 5.65 Å². The van der Waals surface area contributed by atoms with Crippen molar-refractivity contribution in [3.8, 4) is 0 Å². The zero-order valence-corrected chi connectivity index (χ0v) is 13.5. The largest absolute Gasteiger partial charge is 0.342 e. The Morgan fingerprint density at radius 2 is 2.22 bits per heavy atom. The van der Waals surface area contributed by atoms with Gasteiger partial charge in [-0.15, -0.1) is 10.2 Å². The summed E-state index contributed by atoms with van der Waals surface area (Å²) in [6.45, 7) is 0. The standard InChI is InChI=1S/C16H17N5OS/c1-23-10-7-13(18-16(22)12-5-4-8-17-11-12)15-20-19-14-6-2-3-9-21(14)15/h2-6,8-9,11,13H,7,10H2,1H3,(H,18,22)/t13-/m0/s1. The van der Waals surface area contributed by atoms with Gasteiger partial charge in [-0.25, -0.2) is 0 Å². The summed E-state index contributed by atoms with van der Waals surface area (Å²) in [7, 11) is 0. The Kier molecular flexibility index (Phi) is 4.87. The van der Waals surface area contributed by atoms with Gasteiger partial charge >= 0.3 is 0 Å². The normalized spacial score (nSPS) is 12.2. The van der Waals surface area contributed by atoms with E-state index >= 15 is 0 Å². The van der Waals surface area contributed by atoms with Crippen molar-refractivity contribution in [1.82, 2.24) is 24.9 Å². The summed E-state index contributed by atoms with van der Waals surface area (Å²) < 4.78 is 1.91. The van der Waals surface area contributed by atoms with Gasteiger partial charge in [-0.05, 0) is 42.7 Å². The third-order valence-electron chi connectivity index (χ3n) is 3.49. The predicted molar refractivity (Wildman–Crippen MR) is 90.4 cm³/mol. The van der Waals surface area contributed by atoms with E-state index < -0.39 is 0 Å². The van der Waals surface area contributed by atoms with Crippen LogP contribution in [0.1, 0.15) is 28.6 Å². The second-order valence-corrected chi connectivity index (χ2v) is 6.02.